The van der Waals surface area contributed by atoms with E-state index >= 15 is 0 Å². The number of benzene rings is 1. The Hall–Kier alpha value is -2.84. The predicted octanol–water partition coefficient (Wildman–Crippen LogP) is 5.51. The van der Waals surface area contributed by atoms with Crippen LogP contribution in [0.4, 0.5) is 0 Å². The van der Waals surface area contributed by atoms with Gasteiger partial charge < -0.3 is 19.3 Å². The largest absolute Gasteiger partial charge is 0.493 e. The van der Waals surface area contributed by atoms with Gasteiger partial charge in [-0.2, -0.15) is 0 Å². The Kier molecular flexibility index (Phi) is 8.46. The Bertz CT molecular complexity index is 1130. The molecule has 2 aromatic heterocycles. The molecule has 2 amide bonds. The van der Waals surface area contributed by atoms with Crippen LogP contribution < -0.4 is 9.47 Å². The molecule has 0 N–H and O–H groups in total. The van der Waals surface area contributed by atoms with Gasteiger partial charge in [-0.1, -0.05) is 32.0 Å². The molecule has 3 heterocycles. The number of ether oxygens (including phenoxy) is 2. The molecular formula is C27H32N2O4S2. The van der Waals surface area contributed by atoms with Gasteiger partial charge in [0.1, 0.15) is 13.2 Å². The van der Waals surface area contributed by atoms with Crippen LogP contribution in [0.2, 0.25) is 0 Å². The van der Waals surface area contributed by atoms with E-state index in [1.807, 2.05) is 46.7 Å². The quantitative estimate of drug-likeness (QED) is 0.359. The lowest BCUT2D eigenvalue weighted by Gasteiger charge is -2.37. The Balaban J connectivity index is 1.53. The molecule has 1 atom stereocenters. The van der Waals surface area contributed by atoms with E-state index in [1.165, 1.54) is 16.2 Å². The molecule has 35 heavy (non-hydrogen) atoms. The third-order valence-electron chi connectivity index (χ3n) is 6.20. The van der Waals surface area contributed by atoms with Crippen molar-refractivity contribution in [3.63, 3.8) is 0 Å². The number of fused-ring (bicyclic) bond motifs is 1. The van der Waals surface area contributed by atoms with Gasteiger partial charge in [-0.05, 0) is 59.3 Å². The highest BCUT2D eigenvalue weighted by molar-refractivity contribution is 7.12. The summed E-state index contributed by atoms with van der Waals surface area (Å²) >= 11 is 3.13. The lowest BCUT2D eigenvalue weighted by Crippen LogP contribution is -2.48. The Morgan fingerprint density at radius 3 is 2.60 bits per heavy atom. The minimum Gasteiger partial charge on any atom is -0.493 e. The highest BCUT2D eigenvalue weighted by Gasteiger charge is 2.34. The molecule has 0 radical (unpaired) electrons. The van der Waals surface area contributed by atoms with Crippen molar-refractivity contribution in [2.45, 2.75) is 32.7 Å². The van der Waals surface area contributed by atoms with Crippen molar-refractivity contribution in [3.05, 3.63) is 68.5 Å². The minimum absolute atomic E-state index is 0.0517. The maximum Gasteiger partial charge on any atom is 0.264 e. The number of thiophene rings is 2. The maximum absolute atomic E-state index is 13.7. The molecule has 8 heteroatoms. The smallest absolute Gasteiger partial charge is 0.264 e. The Morgan fingerprint density at radius 1 is 1.09 bits per heavy atom. The van der Waals surface area contributed by atoms with Crippen molar-refractivity contribution in [2.75, 3.05) is 33.4 Å². The van der Waals surface area contributed by atoms with Gasteiger partial charge in [-0.25, -0.2) is 0 Å². The van der Waals surface area contributed by atoms with Crippen LogP contribution in [0, 0.1) is 5.92 Å². The van der Waals surface area contributed by atoms with Crippen LogP contribution in [0.3, 0.4) is 0 Å². The second-order valence-corrected chi connectivity index (χ2v) is 10.9. The fourth-order valence-electron chi connectivity index (χ4n) is 4.26. The lowest BCUT2D eigenvalue weighted by atomic mass is 10.00. The normalized spacial score (nSPS) is 15.1. The van der Waals surface area contributed by atoms with Crippen molar-refractivity contribution in [3.8, 4) is 11.5 Å². The third kappa shape index (κ3) is 6.05. The Morgan fingerprint density at radius 2 is 1.89 bits per heavy atom. The summed E-state index contributed by atoms with van der Waals surface area (Å²) in [5.74, 6) is 1.62. The Labute approximate surface area is 215 Å². The summed E-state index contributed by atoms with van der Waals surface area (Å²) in [4.78, 5) is 32.4. The van der Waals surface area contributed by atoms with Gasteiger partial charge >= 0.3 is 0 Å². The molecule has 1 aromatic carbocycles. The van der Waals surface area contributed by atoms with Crippen LogP contribution in [-0.2, 0) is 11.2 Å². The van der Waals surface area contributed by atoms with Gasteiger partial charge in [0.05, 0.1) is 18.0 Å². The fourth-order valence-corrected chi connectivity index (χ4v) is 5.88. The van der Waals surface area contributed by atoms with E-state index in [1.54, 1.807) is 23.3 Å². The first kappa shape index (κ1) is 25.3. The predicted molar refractivity (Wildman–Crippen MR) is 141 cm³/mol. The van der Waals surface area contributed by atoms with E-state index in [9.17, 15) is 9.59 Å². The average Bonchev–Trinajstić information content (AvgIpc) is 3.57. The summed E-state index contributed by atoms with van der Waals surface area (Å²) in [7, 11) is 1.62. The molecule has 0 fully saturated rings. The number of methoxy groups -OCH3 is 1. The summed E-state index contributed by atoms with van der Waals surface area (Å²) in [6.07, 6.45) is 1.66. The first-order valence-electron chi connectivity index (χ1n) is 11.9. The zero-order valence-corrected chi connectivity index (χ0v) is 22.1. The molecule has 3 aromatic rings. The van der Waals surface area contributed by atoms with Crippen molar-refractivity contribution in [2.24, 2.45) is 5.92 Å². The van der Waals surface area contributed by atoms with E-state index in [0.717, 1.165) is 18.4 Å². The van der Waals surface area contributed by atoms with Gasteiger partial charge in [0.15, 0.2) is 11.5 Å². The van der Waals surface area contributed by atoms with Crippen LogP contribution in [0.15, 0.2) is 53.2 Å². The van der Waals surface area contributed by atoms with Crippen LogP contribution in [0.25, 0.3) is 0 Å². The summed E-state index contributed by atoms with van der Waals surface area (Å²) in [6, 6.07) is 13.1. The topological polar surface area (TPSA) is 59.1 Å². The van der Waals surface area contributed by atoms with Crippen molar-refractivity contribution >= 4 is 34.5 Å². The van der Waals surface area contributed by atoms with Crippen LogP contribution in [0.1, 0.15) is 46.4 Å². The summed E-state index contributed by atoms with van der Waals surface area (Å²) < 4.78 is 11.6. The average molecular weight is 513 g/mol. The summed E-state index contributed by atoms with van der Waals surface area (Å²) in [5.41, 5.74) is 1.13. The number of rotatable bonds is 10. The monoisotopic (exact) mass is 512 g/mol. The van der Waals surface area contributed by atoms with Crippen molar-refractivity contribution in [1.82, 2.24) is 9.80 Å². The highest BCUT2D eigenvalue weighted by Crippen LogP contribution is 2.35. The van der Waals surface area contributed by atoms with Gasteiger partial charge in [0.2, 0.25) is 5.91 Å². The zero-order valence-electron chi connectivity index (χ0n) is 20.4. The van der Waals surface area contributed by atoms with Gasteiger partial charge in [-0.3, -0.25) is 9.59 Å². The minimum atomic E-state index is -0.216. The molecule has 186 valence electrons. The van der Waals surface area contributed by atoms with Crippen molar-refractivity contribution < 1.29 is 19.1 Å². The van der Waals surface area contributed by atoms with E-state index in [0.29, 0.717) is 42.0 Å². The molecular weight excluding hydrogens is 480 g/mol. The number of carbonyl (C=O) groups excluding carboxylic acids is 2. The number of para-hydroxylation sites is 2. The van der Waals surface area contributed by atoms with Gasteiger partial charge in [0.25, 0.3) is 5.91 Å². The molecule has 0 bridgehead atoms. The molecule has 6 nitrogen and oxygen atoms in total. The highest BCUT2D eigenvalue weighted by atomic mass is 32.1. The molecule has 1 aliphatic rings. The number of nitrogens with zero attached hydrogens (tertiary/aromatic N) is 2. The molecule has 0 unspecified atom stereocenters. The molecule has 1 aliphatic heterocycles. The van der Waals surface area contributed by atoms with E-state index < -0.39 is 0 Å². The fraction of sp³-hybridized carbons (Fsp3) is 0.407. The van der Waals surface area contributed by atoms with Crippen LogP contribution in [0.5, 0.6) is 11.5 Å². The second kappa shape index (κ2) is 11.7. The van der Waals surface area contributed by atoms with E-state index in [-0.39, 0.29) is 24.4 Å². The summed E-state index contributed by atoms with van der Waals surface area (Å²) in [6.45, 7) is 5.81. The van der Waals surface area contributed by atoms with E-state index in [4.69, 9.17) is 9.47 Å². The van der Waals surface area contributed by atoms with Gasteiger partial charge in [0, 0.05) is 18.0 Å². The summed E-state index contributed by atoms with van der Waals surface area (Å²) in [5, 5.41) is 3.97. The standard InChI is InChI=1S/C27H32N2O4S2/c1-19(2)10-13-28(27(31)25-9-6-15-34-25)17-26(30)29-14-11-24-20(12-16-35-24)21(29)18-33-23-8-5-4-7-22(23)32-3/h4-9,12,15-16,19,21H,10-11,13-14,17-18H2,1-3H3/t21-/m0/s1. The number of amides is 2. The number of hydrogen-bond acceptors (Lipinski definition) is 6. The molecule has 0 saturated heterocycles. The molecule has 0 aliphatic carbocycles. The van der Waals surface area contributed by atoms with E-state index in [2.05, 4.69) is 25.3 Å². The van der Waals surface area contributed by atoms with Crippen LogP contribution in [-0.4, -0.2) is 55.0 Å². The molecule has 0 saturated carbocycles. The lowest BCUT2D eigenvalue weighted by molar-refractivity contribution is -0.135. The van der Waals surface area contributed by atoms with Gasteiger partial charge in [-0.15, -0.1) is 22.7 Å². The van der Waals surface area contributed by atoms with Crippen LogP contribution >= 0.6 is 22.7 Å². The first-order chi connectivity index (χ1) is 17.0. The zero-order chi connectivity index (χ0) is 24.8. The SMILES string of the molecule is COc1ccccc1OC[C@H]1c2ccsc2CCN1C(=O)CN(CCC(C)C)C(=O)c1cccs1. The molecule has 4 rings (SSSR count). The number of hydrogen-bond donors (Lipinski definition) is 0. The van der Waals surface area contributed by atoms with Crippen molar-refractivity contribution in [1.29, 1.82) is 0 Å². The molecule has 0 spiro atoms. The first-order valence-corrected chi connectivity index (χ1v) is 13.7. The second-order valence-electron chi connectivity index (χ2n) is 9.00. The number of carbonyl (C=O) groups is 2. The third-order valence-corrected chi connectivity index (χ3v) is 8.06. The maximum atomic E-state index is 13.7.